The lowest BCUT2D eigenvalue weighted by Gasteiger charge is -2.17. The Balaban J connectivity index is 1.79. The Morgan fingerprint density at radius 2 is 1.89 bits per heavy atom. The lowest BCUT2D eigenvalue weighted by molar-refractivity contribution is -0.139. The minimum absolute atomic E-state index is 0.0827. The number of aromatic nitrogens is 3. The number of rotatable bonds is 7. The third-order valence-corrected chi connectivity index (χ3v) is 5.36. The van der Waals surface area contributed by atoms with E-state index in [-0.39, 0.29) is 40.4 Å². The molecule has 0 amide bonds. The maximum absolute atomic E-state index is 13.7. The van der Waals surface area contributed by atoms with Crippen molar-refractivity contribution in [2.75, 3.05) is 11.0 Å². The van der Waals surface area contributed by atoms with Crippen LogP contribution in [-0.2, 0) is 16.2 Å². The van der Waals surface area contributed by atoms with E-state index in [0.717, 1.165) is 12.3 Å². The second-order valence-electron chi connectivity index (χ2n) is 7.84. The van der Waals surface area contributed by atoms with Crippen molar-refractivity contribution in [1.29, 1.82) is 5.26 Å². The standard InChI is InChI=1S/C22H18F3N5O4S/c1-12-19(8-16(22(23,24)25)20(28-12)33-15-3-4-15)34-21-18(30-35(2,31)32)6-5-17(29-21)14-7-13(9-26)10-27-11-14/h5-8,10-11,15,30H,3-4H2,1-2H3. The molecule has 0 radical (unpaired) electrons. The van der Waals surface area contributed by atoms with Crippen LogP contribution in [0.1, 0.15) is 29.7 Å². The number of halogens is 3. The van der Waals surface area contributed by atoms with Gasteiger partial charge < -0.3 is 9.47 Å². The first-order chi connectivity index (χ1) is 16.4. The lowest BCUT2D eigenvalue weighted by atomic mass is 10.1. The molecule has 0 unspecified atom stereocenters. The molecule has 13 heteroatoms. The predicted molar refractivity (Wildman–Crippen MR) is 118 cm³/mol. The van der Waals surface area contributed by atoms with Gasteiger partial charge in [0.2, 0.25) is 21.8 Å². The van der Waals surface area contributed by atoms with E-state index in [2.05, 4.69) is 19.7 Å². The molecule has 9 nitrogen and oxygen atoms in total. The molecular weight excluding hydrogens is 487 g/mol. The fourth-order valence-electron chi connectivity index (χ4n) is 3.01. The van der Waals surface area contributed by atoms with Crippen molar-refractivity contribution >= 4 is 15.7 Å². The zero-order valence-electron chi connectivity index (χ0n) is 18.4. The third-order valence-electron chi connectivity index (χ3n) is 4.77. The van der Waals surface area contributed by atoms with Crippen LogP contribution in [-0.4, -0.2) is 35.7 Å². The molecule has 0 aromatic carbocycles. The molecule has 3 heterocycles. The van der Waals surface area contributed by atoms with Crippen LogP contribution in [0.2, 0.25) is 0 Å². The second-order valence-corrected chi connectivity index (χ2v) is 9.59. The van der Waals surface area contributed by atoms with Gasteiger partial charge in [-0.1, -0.05) is 0 Å². The number of nitriles is 1. The van der Waals surface area contributed by atoms with Gasteiger partial charge in [-0.15, -0.1) is 0 Å². The van der Waals surface area contributed by atoms with Crippen molar-refractivity contribution in [3.63, 3.8) is 0 Å². The smallest absolute Gasteiger partial charge is 0.421 e. The van der Waals surface area contributed by atoms with Crippen LogP contribution in [0.4, 0.5) is 18.9 Å². The van der Waals surface area contributed by atoms with E-state index in [4.69, 9.17) is 14.7 Å². The van der Waals surface area contributed by atoms with Gasteiger partial charge in [-0.3, -0.25) is 9.71 Å². The summed E-state index contributed by atoms with van der Waals surface area (Å²) in [4.78, 5) is 12.2. The largest absolute Gasteiger partial charge is 0.474 e. The van der Waals surface area contributed by atoms with Gasteiger partial charge in [-0.2, -0.15) is 18.4 Å². The second kappa shape index (κ2) is 9.03. The molecule has 1 fully saturated rings. The van der Waals surface area contributed by atoms with Crippen molar-refractivity contribution in [1.82, 2.24) is 15.0 Å². The molecule has 3 aromatic rings. The Bertz CT molecular complexity index is 1430. The summed E-state index contributed by atoms with van der Waals surface area (Å²) in [5.74, 6) is -1.14. The highest BCUT2D eigenvalue weighted by Crippen LogP contribution is 2.42. The van der Waals surface area contributed by atoms with Crippen molar-refractivity contribution in [3.8, 4) is 34.8 Å². The molecule has 35 heavy (non-hydrogen) atoms. The van der Waals surface area contributed by atoms with Crippen molar-refractivity contribution in [3.05, 3.63) is 53.5 Å². The quantitative estimate of drug-likeness (QED) is 0.499. The molecule has 0 spiro atoms. The van der Waals surface area contributed by atoms with Gasteiger partial charge in [-0.25, -0.2) is 18.4 Å². The molecule has 0 bridgehead atoms. The van der Waals surface area contributed by atoms with E-state index < -0.39 is 27.6 Å². The molecule has 1 aliphatic carbocycles. The fraction of sp³-hybridized carbons (Fsp3) is 0.273. The number of nitrogens with one attached hydrogen (secondary N) is 1. The summed E-state index contributed by atoms with van der Waals surface area (Å²) in [6.07, 6.45) is -0.102. The molecule has 0 aliphatic heterocycles. The van der Waals surface area contributed by atoms with Crippen LogP contribution in [0.15, 0.2) is 36.7 Å². The van der Waals surface area contributed by atoms with Crippen LogP contribution in [0, 0.1) is 18.3 Å². The molecule has 182 valence electrons. The zero-order valence-corrected chi connectivity index (χ0v) is 19.2. The summed E-state index contributed by atoms with van der Waals surface area (Å²) < 4.78 is 78.0. The van der Waals surface area contributed by atoms with Crippen molar-refractivity contribution < 1.29 is 31.1 Å². The molecule has 0 atom stereocenters. The zero-order chi connectivity index (χ0) is 25.4. The van der Waals surface area contributed by atoms with Gasteiger partial charge in [0.05, 0.1) is 23.2 Å². The third kappa shape index (κ3) is 5.96. The van der Waals surface area contributed by atoms with Gasteiger partial charge in [-0.05, 0) is 38.0 Å². The van der Waals surface area contributed by atoms with E-state index >= 15 is 0 Å². The average molecular weight is 505 g/mol. The Morgan fingerprint density at radius 1 is 1.14 bits per heavy atom. The monoisotopic (exact) mass is 505 g/mol. The summed E-state index contributed by atoms with van der Waals surface area (Å²) in [5, 5.41) is 9.11. The maximum Gasteiger partial charge on any atom is 0.421 e. The van der Waals surface area contributed by atoms with Gasteiger partial charge >= 0.3 is 6.18 Å². The van der Waals surface area contributed by atoms with Gasteiger partial charge in [0.1, 0.15) is 23.4 Å². The molecule has 0 saturated heterocycles. The molecular formula is C22H18F3N5O4S. The lowest BCUT2D eigenvalue weighted by Crippen LogP contribution is -2.13. The minimum Gasteiger partial charge on any atom is -0.474 e. The number of ether oxygens (including phenoxy) is 2. The summed E-state index contributed by atoms with van der Waals surface area (Å²) in [5.41, 5.74) is -0.222. The van der Waals surface area contributed by atoms with Crippen molar-refractivity contribution in [2.45, 2.75) is 32.0 Å². The SMILES string of the molecule is Cc1nc(OC2CC2)c(C(F)(F)F)cc1Oc1nc(-c2cncc(C#N)c2)ccc1NS(C)(=O)=O. The average Bonchev–Trinajstić information content (AvgIpc) is 3.59. The highest BCUT2D eigenvalue weighted by Gasteiger charge is 2.38. The van der Waals surface area contributed by atoms with Crippen LogP contribution < -0.4 is 14.2 Å². The van der Waals surface area contributed by atoms with Crippen LogP contribution >= 0.6 is 0 Å². The van der Waals surface area contributed by atoms with Gasteiger partial charge in [0, 0.05) is 24.0 Å². The number of hydrogen-bond acceptors (Lipinski definition) is 8. The van der Waals surface area contributed by atoms with E-state index in [1.54, 1.807) is 0 Å². The fourth-order valence-corrected chi connectivity index (χ4v) is 3.56. The Kier molecular flexibility index (Phi) is 6.25. The van der Waals surface area contributed by atoms with Crippen LogP contribution in [0.3, 0.4) is 0 Å². The van der Waals surface area contributed by atoms with E-state index in [9.17, 15) is 21.6 Å². The summed E-state index contributed by atoms with van der Waals surface area (Å²) >= 11 is 0. The summed E-state index contributed by atoms with van der Waals surface area (Å²) in [7, 11) is -3.78. The van der Waals surface area contributed by atoms with E-state index in [1.165, 1.54) is 37.5 Å². The van der Waals surface area contributed by atoms with Crippen LogP contribution in [0.25, 0.3) is 11.3 Å². The van der Waals surface area contributed by atoms with E-state index in [0.29, 0.717) is 18.4 Å². The first-order valence-corrected chi connectivity index (χ1v) is 12.1. The number of alkyl halides is 3. The number of anilines is 1. The highest BCUT2D eigenvalue weighted by atomic mass is 32.2. The number of nitrogens with zero attached hydrogens (tertiary/aromatic N) is 4. The van der Waals surface area contributed by atoms with Gasteiger partial charge in [0.25, 0.3) is 0 Å². The molecule has 3 aromatic heterocycles. The molecule has 1 aliphatic rings. The predicted octanol–water partition coefficient (Wildman–Crippen LogP) is 4.44. The number of sulfonamides is 1. The highest BCUT2D eigenvalue weighted by molar-refractivity contribution is 7.92. The molecule has 4 rings (SSSR count). The first-order valence-electron chi connectivity index (χ1n) is 10.2. The number of pyridine rings is 3. The minimum atomic E-state index is -4.77. The maximum atomic E-state index is 13.7. The normalized spacial score (nSPS) is 13.7. The molecule has 1 saturated carbocycles. The Hall–Kier alpha value is -3.92. The Labute approximate surface area is 198 Å². The Morgan fingerprint density at radius 3 is 2.51 bits per heavy atom. The molecule has 1 N–H and O–H groups in total. The number of hydrogen-bond donors (Lipinski definition) is 1. The van der Waals surface area contributed by atoms with E-state index in [1.807, 2.05) is 6.07 Å². The van der Waals surface area contributed by atoms with Gasteiger partial charge in [0.15, 0.2) is 5.75 Å². The summed E-state index contributed by atoms with van der Waals surface area (Å²) in [6.45, 7) is 1.43. The number of aryl methyl sites for hydroxylation is 1. The topological polar surface area (TPSA) is 127 Å². The van der Waals surface area contributed by atoms with Crippen LogP contribution in [0.5, 0.6) is 17.5 Å². The first kappa shape index (κ1) is 24.2. The summed E-state index contributed by atoms with van der Waals surface area (Å²) in [6, 6.07) is 6.99. The van der Waals surface area contributed by atoms with Crippen molar-refractivity contribution in [2.24, 2.45) is 0 Å².